The number of aliphatic imine (C=N–C) groups is 1. The van der Waals surface area contributed by atoms with E-state index in [0.717, 1.165) is 63.0 Å². The standard InChI is InChI=1S/C25H33N5O2.HI/c1-2-26-25(27-18-20-9-11-22(12-10-20)30-13-5-8-24(30)31)28-19-21-6-3-4-7-23(21)29-14-16-32-17-15-29;/h3-4,6-7,9-12H,2,5,8,13-19H2,1H3,(H2,26,27,28);1H. The number of rotatable bonds is 7. The fourth-order valence-corrected chi connectivity index (χ4v) is 4.17. The molecule has 33 heavy (non-hydrogen) atoms. The highest BCUT2D eigenvalue weighted by Crippen LogP contribution is 2.22. The van der Waals surface area contributed by atoms with Gasteiger partial charge in [0, 0.05) is 50.5 Å². The number of benzene rings is 2. The molecule has 8 heteroatoms. The molecule has 2 heterocycles. The molecule has 2 saturated heterocycles. The Balaban J connectivity index is 0.00000306. The number of morpholine rings is 1. The number of ether oxygens (including phenoxy) is 1. The molecule has 0 unspecified atom stereocenters. The van der Waals surface area contributed by atoms with Crippen molar-refractivity contribution in [3.63, 3.8) is 0 Å². The number of guanidine groups is 1. The Bertz CT molecular complexity index is 929. The maximum atomic E-state index is 11.9. The maximum Gasteiger partial charge on any atom is 0.227 e. The molecule has 178 valence electrons. The van der Waals surface area contributed by atoms with Crippen LogP contribution in [-0.4, -0.2) is 51.3 Å². The predicted molar refractivity (Wildman–Crippen MR) is 145 cm³/mol. The fourth-order valence-electron chi connectivity index (χ4n) is 4.17. The summed E-state index contributed by atoms with van der Waals surface area (Å²) in [4.78, 5) is 21.0. The summed E-state index contributed by atoms with van der Waals surface area (Å²) >= 11 is 0. The van der Waals surface area contributed by atoms with Crippen LogP contribution in [-0.2, 0) is 22.6 Å². The minimum atomic E-state index is 0. The Morgan fingerprint density at radius 3 is 2.48 bits per heavy atom. The number of hydrogen-bond donors (Lipinski definition) is 2. The number of halogens is 1. The van der Waals surface area contributed by atoms with Gasteiger partial charge >= 0.3 is 0 Å². The number of anilines is 2. The minimum Gasteiger partial charge on any atom is -0.378 e. The summed E-state index contributed by atoms with van der Waals surface area (Å²) in [6, 6.07) is 16.7. The van der Waals surface area contributed by atoms with Crippen molar-refractivity contribution in [2.24, 2.45) is 4.99 Å². The lowest BCUT2D eigenvalue weighted by Crippen LogP contribution is -2.39. The lowest BCUT2D eigenvalue weighted by Gasteiger charge is -2.30. The smallest absolute Gasteiger partial charge is 0.227 e. The maximum absolute atomic E-state index is 11.9. The molecule has 2 aromatic rings. The van der Waals surface area contributed by atoms with Crippen LogP contribution < -0.4 is 20.4 Å². The zero-order chi connectivity index (χ0) is 22.2. The molecule has 0 aromatic heterocycles. The SMILES string of the molecule is CCNC(=NCc1ccc(N2CCCC2=O)cc1)NCc1ccccc1N1CCOCC1.I. The van der Waals surface area contributed by atoms with Crippen molar-refractivity contribution < 1.29 is 9.53 Å². The summed E-state index contributed by atoms with van der Waals surface area (Å²) < 4.78 is 5.50. The van der Waals surface area contributed by atoms with Crippen LogP contribution in [0.4, 0.5) is 11.4 Å². The monoisotopic (exact) mass is 563 g/mol. The van der Waals surface area contributed by atoms with Crippen LogP contribution in [0.3, 0.4) is 0 Å². The molecule has 0 aliphatic carbocycles. The molecule has 2 aliphatic rings. The Hall–Kier alpha value is -2.33. The molecule has 7 nitrogen and oxygen atoms in total. The zero-order valence-corrected chi connectivity index (χ0v) is 21.6. The van der Waals surface area contributed by atoms with Gasteiger partial charge in [0.2, 0.25) is 5.91 Å². The van der Waals surface area contributed by atoms with E-state index in [9.17, 15) is 4.79 Å². The van der Waals surface area contributed by atoms with Crippen molar-refractivity contribution in [3.05, 3.63) is 59.7 Å². The van der Waals surface area contributed by atoms with E-state index in [1.54, 1.807) is 0 Å². The molecule has 4 rings (SSSR count). The van der Waals surface area contributed by atoms with E-state index in [4.69, 9.17) is 9.73 Å². The number of hydrogen-bond acceptors (Lipinski definition) is 4. The van der Waals surface area contributed by atoms with Crippen LogP contribution in [0, 0.1) is 0 Å². The van der Waals surface area contributed by atoms with Crippen molar-refractivity contribution in [3.8, 4) is 0 Å². The number of amides is 1. The first-order valence-corrected chi connectivity index (χ1v) is 11.6. The van der Waals surface area contributed by atoms with Gasteiger partial charge in [0.15, 0.2) is 5.96 Å². The highest BCUT2D eigenvalue weighted by atomic mass is 127. The third kappa shape index (κ3) is 6.83. The molecular formula is C25H34IN5O2. The number of nitrogens with one attached hydrogen (secondary N) is 2. The lowest BCUT2D eigenvalue weighted by atomic mass is 10.1. The van der Waals surface area contributed by atoms with Crippen LogP contribution in [0.5, 0.6) is 0 Å². The van der Waals surface area contributed by atoms with Gasteiger partial charge in [-0.15, -0.1) is 24.0 Å². The Morgan fingerprint density at radius 1 is 1.03 bits per heavy atom. The number of para-hydroxylation sites is 1. The predicted octanol–water partition coefficient (Wildman–Crippen LogP) is 3.52. The Morgan fingerprint density at radius 2 is 1.79 bits per heavy atom. The first-order chi connectivity index (χ1) is 15.7. The first kappa shape index (κ1) is 25.3. The average Bonchev–Trinajstić information content (AvgIpc) is 3.28. The van der Waals surface area contributed by atoms with Crippen LogP contribution in [0.25, 0.3) is 0 Å². The number of nitrogens with zero attached hydrogens (tertiary/aromatic N) is 3. The molecule has 0 radical (unpaired) electrons. The van der Waals surface area contributed by atoms with Crippen molar-refractivity contribution >= 4 is 47.2 Å². The van der Waals surface area contributed by atoms with Gasteiger partial charge in [-0.1, -0.05) is 30.3 Å². The van der Waals surface area contributed by atoms with E-state index in [0.29, 0.717) is 19.5 Å². The van der Waals surface area contributed by atoms with E-state index in [1.165, 1.54) is 11.3 Å². The summed E-state index contributed by atoms with van der Waals surface area (Å²) in [5.74, 6) is 1.01. The van der Waals surface area contributed by atoms with Gasteiger partial charge in [-0.25, -0.2) is 4.99 Å². The second-order valence-corrected chi connectivity index (χ2v) is 8.09. The van der Waals surface area contributed by atoms with Gasteiger partial charge in [0.05, 0.1) is 19.8 Å². The van der Waals surface area contributed by atoms with E-state index >= 15 is 0 Å². The van der Waals surface area contributed by atoms with E-state index in [1.807, 2.05) is 17.0 Å². The summed E-state index contributed by atoms with van der Waals surface area (Å²) in [6.45, 7) is 8.36. The van der Waals surface area contributed by atoms with E-state index in [2.05, 4.69) is 58.9 Å². The van der Waals surface area contributed by atoms with E-state index < -0.39 is 0 Å². The Kier molecular flexibility index (Phi) is 9.80. The van der Waals surface area contributed by atoms with Gasteiger partial charge in [-0.3, -0.25) is 4.79 Å². The zero-order valence-electron chi connectivity index (χ0n) is 19.3. The van der Waals surface area contributed by atoms with E-state index in [-0.39, 0.29) is 29.9 Å². The molecular weight excluding hydrogens is 529 g/mol. The number of carbonyl (C=O) groups excluding carboxylic acids is 1. The number of carbonyl (C=O) groups is 1. The van der Waals surface area contributed by atoms with Gasteiger partial charge in [0.25, 0.3) is 0 Å². The molecule has 2 fully saturated rings. The molecule has 0 spiro atoms. The van der Waals surface area contributed by atoms with Crippen LogP contribution in [0.1, 0.15) is 30.9 Å². The largest absolute Gasteiger partial charge is 0.378 e. The van der Waals surface area contributed by atoms with Gasteiger partial charge < -0.3 is 25.2 Å². The average molecular weight is 563 g/mol. The molecule has 0 saturated carbocycles. The summed E-state index contributed by atoms with van der Waals surface area (Å²) in [7, 11) is 0. The topological polar surface area (TPSA) is 69.2 Å². The Labute approximate surface area is 213 Å². The van der Waals surface area contributed by atoms with Gasteiger partial charge in [-0.05, 0) is 42.7 Å². The molecule has 0 atom stereocenters. The molecule has 2 N–H and O–H groups in total. The van der Waals surface area contributed by atoms with Crippen LogP contribution in [0.2, 0.25) is 0 Å². The minimum absolute atomic E-state index is 0. The molecule has 0 bridgehead atoms. The van der Waals surface area contributed by atoms with Gasteiger partial charge in [0.1, 0.15) is 0 Å². The molecule has 2 aliphatic heterocycles. The first-order valence-electron chi connectivity index (χ1n) is 11.6. The highest BCUT2D eigenvalue weighted by molar-refractivity contribution is 14.0. The second kappa shape index (κ2) is 12.8. The summed E-state index contributed by atoms with van der Waals surface area (Å²) in [6.07, 6.45) is 1.59. The van der Waals surface area contributed by atoms with Crippen molar-refractivity contribution in [2.45, 2.75) is 32.9 Å². The van der Waals surface area contributed by atoms with Crippen LogP contribution >= 0.6 is 24.0 Å². The normalized spacial score (nSPS) is 16.5. The quantitative estimate of drug-likeness (QED) is 0.307. The molecule has 1 amide bonds. The highest BCUT2D eigenvalue weighted by Gasteiger charge is 2.21. The van der Waals surface area contributed by atoms with Crippen molar-refractivity contribution in [1.82, 2.24) is 10.6 Å². The van der Waals surface area contributed by atoms with Crippen molar-refractivity contribution in [2.75, 3.05) is 49.2 Å². The van der Waals surface area contributed by atoms with Crippen LogP contribution in [0.15, 0.2) is 53.5 Å². The fraction of sp³-hybridized carbons (Fsp3) is 0.440. The van der Waals surface area contributed by atoms with Gasteiger partial charge in [-0.2, -0.15) is 0 Å². The third-order valence-corrected chi connectivity index (χ3v) is 5.88. The second-order valence-electron chi connectivity index (χ2n) is 8.09. The summed E-state index contributed by atoms with van der Waals surface area (Å²) in [5.41, 5.74) is 4.60. The third-order valence-electron chi connectivity index (χ3n) is 5.88. The lowest BCUT2D eigenvalue weighted by molar-refractivity contribution is -0.117. The summed E-state index contributed by atoms with van der Waals surface area (Å²) in [5, 5.41) is 6.81. The molecule has 2 aromatic carbocycles. The van der Waals surface area contributed by atoms with Crippen molar-refractivity contribution in [1.29, 1.82) is 0 Å².